The van der Waals surface area contributed by atoms with Gasteiger partial charge in [-0.2, -0.15) is 0 Å². The maximum atomic E-state index is 5.99. The summed E-state index contributed by atoms with van der Waals surface area (Å²) in [5, 5.41) is 1.09. The third-order valence-corrected chi connectivity index (χ3v) is 3.15. The van der Waals surface area contributed by atoms with Crippen molar-refractivity contribution in [3.05, 3.63) is 52.5 Å². The average Bonchev–Trinajstić information content (AvgIpc) is 2.82. The summed E-state index contributed by atoms with van der Waals surface area (Å²) in [5.41, 5.74) is 1.90. The third kappa shape index (κ3) is 2.87. The van der Waals surface area contributed by atoms with Crippen LogP contribution in [0.15, 0.2) is 41.9 Å². The highest BCUT2D eigenvalue weighted by Crippen LogP contribution is 2.23. The Hall–Kier alpha value is -1.32. The number of halogens is 2. The van der Waals surface area contributed by atoms with Crippen molar-refractivity contribution in [3.8, 4) is 0 Å². The van der Waals surface area contributed by atoms with Gasteiger partial charge in [-0.3, -0.25) is 4.99 Å². The zero-order chi connectivity index (χ0) is 12.3. The van der Waals surface area contributed by atoms with Gasteiger partial charge < -0.3 is 4.57 Å². The van der Waals surface area contributed by atoms with E-state index in [1.807, 2.05) is 22.9 Å². The van der Waals surface area contributed by atoms with Crippen LogP contribution in [0.1, 0.15) is 5.56 Å². The van der Waals surface area contributed by atoms with Crippen molar-refractivity contribution in [1.82, 2.24) is 9.55 Å². The fraction of sp³-hybridized carbons (Fsp3) is 0.167. The molecule has 0 aliphatic rings. The molecule has 88 valence electrons. The second-order valence-electron chi connectivity index (χ2n) is 3.53. The normalized spacial score (nSPS) is 11.8. The van der Waals surface area contributed by atoms with Gasteiger partial charge in [-0.25, -0.2) is 4.98 Å². The zero-order valence-electron chi connectivity index (χ0n) is 9.27. The fourth-order valence-electron chi connectivity index (χ4n) is 1.52. The predicted octanol–water partition coefficient (Wildman–Crippen LogP) is 3.31. The number of imidazole rings is 1. The summed E-state index contributed by atoms with van der Waals surface area (Å²) in [4.78, 5) is 8.27. The Morgan fingerprint density at radius 3 is 2.76 bits per heavy atom. The topological polar surface area (TPSA) is 30.2 Å². The highest BCUT2D eigenvalue weighted by Gasteiger charge is 2.06. The van der Waals surface area contributed by atoms with Crippen LogP contribution in [0.3, 0.4) is 0 Å². The van der Waals surface area contributed by atoms with Crippen LogP contribution in [0.4, 0.5) is 0 Å². The van der Waals surface area contributed by atoms with Crippen LogP contribution in [-0.4, -0.2) is 22.3 Å². The van der Waals surface area contributed by atoms with Crippen molar-refractivity contribution >= 4 is 28.9 Å². The van der Waals surface area contributed by atoms with Gasteiger partial charge in [0.15, 0.2) is 0 Å². The summed E-state index contributed by atoms with van der Waals surface area (Å²) < 4.78 is 1.95. The van der Waals surface area contributed by atoms with Crippen molar-refractivity contribution < 1.29 is 0 Å². The molecule has 0 fully saturated rings. The summed E-state index contributed by atoms with van der Waals surface area (Å²) in [7, 11) is 1.76. The molecule has 1 aromatic carbocycles. The molecule has 0 atom stereocenters. The number of rotatable bonds is 3. The first kappa shape index (κ1) is 12.1. The smallest absolute Gasteiger partial charge is 0.0949 e. The van der Waals surface area contributed by atoms with E-state index in [1.165, 1.54) is 0 Å². The molecule has 0 aliphatic heterocycles. The summed E-state index contributed by atoms with van der Waals surface area (Å²) in [5.74, 6) is 0. The molecule has 0 spiro atoms. The van der Waals surface area contributed by atoms with Crippen LogP contribution in [0, 0.1) is 0 Å². The van der Waals surface area contributed by atoms with E-state index < -0.39 is 0 Å². The van der Waals surface area contributed by atoms with Gasteiger partial charge in [-0.05, 0) is 17.7 Å². The molecule has 0 bridgehead atoms. The molecule has 0 saturated heterocycles. The number of aliphatic imine (C=N–C) groups is 1. The first-order chi connectivity index (χ1) is 8.20. The highest BCUT2D eigenvalue weighted by atomic mass is 35.5. The minimum Gasteiger partial charge on any atom is -0.331 e. The van der Waals surface area contributed by atoms with Gasteiger partial charge in [0.25, 0.3) is 0 Å². The third-order valence-electron chi connectivity index (χ3n) is 2.41. The Kier molecular flexibility index (Phi) is 3.82. The van der Waals surface area contributed by atoms with E-state index in [1.54, 1.807) is 25.6 Å². The van der Waals surface area contributed by atoms with Crippen molar-refractivity contribution in [2.45, 2.75) is 6.54 Å². The first-order valence-corrected chi connectivity index (χ1v) is 5.83. The van der Waals surface area contributed by atoms with Gasteiger partial charge in [0.05, 0.1) is 28.6 Å². The lowest BCUT2D eigenvalue weighted by atomic mass is 10.1. The standard InChI is InChI=1S/C12H11Cl2N3/c1-15-12(7-17-5-4-16-8-17)9-2-3-10(13)11(14)6-9/h2-6,8H,7H2,1H3. The van der Waals surface area contributed by atoms with Crippen molar-refractivity contribution in [2.75, 3.05) is 7.05 Å². The Morgan fingerprint density at radius 1 is 1.35 bits per heavy atom. The molecule has 3 nitrogen and oxygen atoms in total. The number of aromatic nitrogens is 2. The second-order valence-corrected chi connectivity index (χ2v) is 4.35. The van der Waals surface area contributed by atoms with Gasteiger partial charge in [0, 0.05) is 19.4 Å². The van der Waals surface area contributed by atoms with Crippen molar-refractivity contribution in [2.24, 2.45) is 4.99 Å². The monoisotopic (exact) mass is 267 g/mol. The van der Waals surface area contributed by atoms with E-state index in [0.717, 1.165) is 11.3 Å². The van der Waals surface area contributed by atoms with Gasteiger partial charge in [0.2, 0.25) is 0 Å². The van der Waals surface area contributed by atoms with E-state index in [4.69, 9.17) is 23.2 Å². The van der Waals surface area contributed by atoms with Gasteiger partial charge in [-0.1, -0.05) is 29.3 Å². The minimum absolute atomic E-state index is 0.538. The minimum atomic E-state index is 0.538. The summed E-state index contributed by atoms with van der Waals surface area (Å²) in [6.45, 7) is 0.661. The quantitative estimate of drug-likeness (QED) is 0.785. The number of hydrogen-bond acceptors (Lipinski definition) is 2. The molecule has 0 aliphatic carbocycles. The molecule has 0 amide bonds. The average molecular weight is 268 g/mol. The van der Waals surface area contributed by atoms with Crippen LogP contribution in [0.2, 0.25) is 10.0 Å². The number of nitrogens with zero attached hydrogens (tertiary/aromatic N) is 3. The van der Waals surface area contributed by atoms with Gasteiger partial charge in [0.1, 0.15) is 0 Å². The van der Waals surface area contributed by atoms with Crippen LogP contribution >= 0.6 is 23.2 Å². The van der Waals surface area contributed by atoms with E-state index in [2.05, 4.69) is 9.98 Å². The molecule has 0 radical (unpaired) electrons. The molecule has 2 aromatic rings. The lowest BCUT2D eigenvalue weighted by Crippen LogP contribution is -2.10. The van der Waals surface area contributed by atoms with Crippen LogP contribution in [-0.2, 0) is 6.54 Å². The Balaban J connectivity index is 2.27. The van der Waals surface area contributed by atoms with E-state index in [9.17, 15) is 0 Å². The SMILES string of the molecule is CN=C(Cn1ccnc1)c1ccc(Cl)c(Cl)c1. The molecule has 5 heteroatoms. The van der Waals surface area contributed by atoms with Crippen LogP contribution in [0.25, 0.3) is 0 Å². The lowest BCUT2D eigenvalue weighted by molar-refractivity contribution is 0.849. The zero-order valence-corrected chi connectivity index (χ0v) is 10.8. The number of hydrogen-bond donors (Lipinski definition) is 0. The maximum Gasteiger partial charge on any atom is 0.0949 e. The molecule has 0 unspecified atom stereocenters. The highest BCUT2D eigenvalue weighted by molar-refractivity contribution is 6.42. The molecule has 0 saturated carbocycles. The van der Waals surface area contributed by atoms with Crippen molar-refractivity contribution in [3.63, 3.8) is 0 Å². The first-order valence-electron chi connectivity index (χ1n) is 5.07. The van der Waals surface area contributed by atoms with E-state index >= 15 is 0 Å². The summed E-state index contributed by atoms with van der Waals surface area (Å²) >= 11 is 11.9. The maximum absolute atomic E-state index is 5.99. The van der Waals surface area contributed by atoms with Crippen LogP contribution < -0.4 is 0 Å². The van der Waals surface area contributed by atoms with E-state index in [-0.39, 0.29) is 0 Å². The molecule has 2 rings (SSSR count). The predicted molar refractivity (Wildman–Crippen MR) is 71.2 cm³/mol. The van der Waals surface area contributed by atoms with Gasteiger partial charge in [-0.15, -0.1) is 0 Å². The Morgan fingerprint density at radius 2 is 2.18 bits per heavy atom. The molecule has 0 N–H and O–H groups in total. The van der Waals surface area contributed by atoms with Crippen molar-refractivity contribution in [1.29, 1.82) is 0 Å². The van der Waals surface area contributed by atoms with E-state index in [0.29, 0.717) is 16.6 Å². The van der Waals surface area contributed by atoms with Gasteiger partial charge >= 0.3 is 0 Å². The molecule has 17 heavy (non-hydrogen) atoms. The van der Waals surface area contributed by atoms with Crippen LogP contribution in [0.5, 0.6) is 0 Å². The molecular weight excluding hydrogens is 257 g/mol. The Labute approximate surface area is 110 Å². The second kappa shape index (κ2) is 5.34. The molecular formula is C12H11Cl2N3. The molecule has 1 heterocycles. The molecule has 1 aromatic heterocycles. The fourth-order valence-corrected chi connectivity index (χ4v) is 1.82. The lowest BCUT2D eigenvalue weighted by Gasteiger charge is -2.08. The summed E-state index contributed by atoms with van der Waals surface area (Å²) in [6, 6.07) is 5.51. The Bertz CT molecular complexity index is 533. The largest absolute Gasteiger partial charge is 0.331 e. The summed E-state index contributed by atoms with van der Waals surface area (Å²) in [6.07, 6.45) is 5.38. The number of benzene rings is 1.